The van der Waals surface area contributed by atoms with Crippen LogP contribution in [0.3, 0.4) is 0 Å². The first-order chi connectivity index (χ1) is 6.70. The molecular weight excluding hydrogens is 176 g/mol. The fourth-order valence-electron chi connectivity index (χ4n) is 1.92. The smallest absolute Gasteiger partial charge is 0.164 e. The zero-order chi connectivity index (χ0) is 10.1. The van der Waals surface area contributed by atoms with Crippen LogP contribution >= 0.6 is 0 Å². The lowest BCUT2D eigenvalue weighted by Crippen LogP contribution is -2.10. The SMILES string of the molecule is Cc1cnn(C)c1C1=CCCCC1=O. The monoisotopic (exact) mass is 190 g/mol. The van der Waals surface area contributed by atoms with Gasteiger partial charge in [0, 0.05) is 19.0 Å². The minimum atomic E-state index is 0.253. The molecule has 0 aliphatic heterocycles. The summed E-state index contributed by atoms with van der Waals surface area (Å²) in [6, 6.07) is 0. The Balaban J connectivity index is 2.48. The second-order valence-electron chi connectivity index (χ2n) is 3.73. The van der Waals surface area contributed by atoms with Crippen molar-refractivity contribution in [3.63, 3.8) is 0 Å². The number of Topliss-reactive ketones (excluding diaryl/α,β-unsaturated/α-hetero) is 1. The molecule has 1 heterocycles. The molecule has 3 nitrogen and oxygen atoms in total. The summed E-state index contributed by atoms with van der Waals surface area (Å²) in [7, 11) is 1.88. The van der Waals surface area contributed by atoms with Crippen LogP contribution in [-0.2, 0) is 11.8 Å². The first-order valence-electron chi connectivity index (χ1n) is 4.92. The van der Waals surface area contributed by atoms with Gasteiger partial charge in [0.15, 0.2) is 5.78 Å². The molecule has 1 aliphatic rings. The van der Waals surface area contributed by atoms with Crippen molar-refractivity contribution in [1.29, 1.82) is 0 Å². The lowest BCUT2D eigenvalue weighted by atomic mass is 9.94. The molecule has 0 radical (unpaired) electrons. The van der Waals surface area contributed by atoms with Crippen molar-refractivity contribution < 1.29 is 4.79 Å². The number of allylic oxidation sites excluding steroid dienone is 2. The van der Waals surface area contributed by atoms with Crippen LogP contribution in [0.25, 0.3) is 5.57 Å². The number of aryl methyl sites for hydroxylation is 2. The maximum Gasteiger partial charge on any atom is 0.164 e. The maximum atomic E-state index is 11.7. The van der Waals surface area contributed by atoms with E-state index in [9.17, 15) is 4.79 Å². The zero-order valence-electron chi connectivity index (χ0n) is 8.58. The normalized spacial score (nSPS) is 17.0. The molecule has 0 saturated heterocycles. The fourth-order valence-corrected chi connectivity index (χ4v) is 1.92. The Morgan fingerprint density at radius 2 is 2.29 bits per heavy atom. The molecule has 2 rings (SSSR count). The predicted octanol–water partition coefficient (Wildman–Crippen LogP) is 1.86. The van der Waals surface area contributed by atoms with Crippen LogP contribution in [0.2, 0.25) is 0 Å². The quantitative estimate of drug-likeness (QED) is 0.677. The highest BCUT2D eigenvalue weighted by Crippen LogP contribution is 2.25. The van der Waals surface area contributed by atoms with Crippen LogP contribution in [-0.4, -0.2) is 15.6 Å². The first-order valence-corrected chi connectivity index (χ1v) is 4.92. The molecule has 0 spiro atoms. The molecule has 0 aromatic carbocycles. The van der Waals surface area contributed by atoms with Crippen LogP contribution < -0.4 is 0 Å². The van der Waals surface area contributed by atoms with Crippen molar-refractivity contribution in [2.24, 2.45) is 7.05 Å². The van der Waals surface area contributed by atoms with Crippen LogP contribution in [0.15, 0.2) is 12.3 Å². The lowest BCUT2D eigenvalue weighted by molar-refractivity contribution is -0.114. The van der Waals surface area contributed by atoms with Gasteiger partial charge in [0.05, 0.1) is 11.9 Å². The maximum absolute atomic E-state index is 11.7. The Hall–Kier alpha value is -1.38. The molecule has 0 unspecified atom stereocenters. The molecule has 0 N–H and O–H groups in total. The summed E-state index contributed by atoms with van der Waals surface area (Å²) < 4.78 is 1.78. The van der Waals surface area contributed by atoms with Crippen molar-refractivity contribution in [2.75, 3.05) is 0 Å². The molecule has 0 fully saturated rings. The number of aromatic nitrogens is 2. The minimum Gasteiger partial charge on any atom is -0.294 e. The van der Waals surface area contributed by atoms with Gasteiger partial charge in [-0.05, 0) is 25.3 Å². The van der Waals surface area contributed by atoms with Gasteiger partial charge in [-0.3, -0.25) is 9.48 Å². The van der Waals surface area contributed by atoms with Gasteiger partial charge in [0.25, 0.3) is 0 Å². The van der Waals surface area contributed by atoms with Gasteiger partial charge in [0.2, 0.25) is 0 Å². The van der Waals surface area contributed by atoms with Crippen molar-refractivity contribution in [3.8, 4) is 0 Å². The first kappa shape index (κ1) is 9.19. The average Bonchev–Trinajstić information content (AvgIpc) is 2.48. The molecule has 1 aromatic heterocycles. The molecule has 0 amide bonds. The summed E-state index contributed by atoms with van der Waals surface area (Å²) in [4.78, 5) is 11.7. The molecule has 1 aromatic rings. The topological polar surface area (TPSA) is 34.9 Å². The highest BCUT2D eigenvalue weighted by molar-refractivity contribution is 6.21. The molecular formula is C11H14N2O. The highest BCUT2D eigenvalue weighted by atomic mass is 16.1. The van der Waals surface area contributed by atoms with Gasteiger partial charge in [-0.25, -0.2) is 0 Å². The molecule has 3 heteroatoms. The summed E-state index contributed by atoms with van der Waals surface area (Å²) in [6.07, 6.45) is 6.51. The van der Waals surface area contributed by atoms with E-state index in [1.165, 1.54) is 0 Å². The number of carbonyl (C=O) groups excluding carboxylic acids is 1. The van der Waals surface area contributed by atoms with Crippen molar-refractivity contribution >= 4 is 11.4 Å². The Kier molecular flexibility index (Phi) is 2.23. The highest BCUT2D eigenvalue weighted by Gasteiger charge is 2.19. The largest absolute Gasteiger partial charge is 0.294 e. The molecule has 74 valence electrons. The molecule has 0 saturated carbocycles. The summed E-state index contributed by atoms with van der Waals surface area (Å²) in [6.45, 7) is 1.99. The van der Waals surface area contributed by atoms with E-state index >= 15 is 0 Å². The second kappa shape index (κ2) is 3.40. The van der Waals surface area contributed by atoms with Crippen molar-refractivity contribution in [1.82, 2.24) is 9.78 Å². The minimum absolute atomic E-state index is 0.253. The van der Waals surface area contributed by atoms with Crippen LogP contribution in [0.1, 0.15) is 30.5 Å². The van der Waals surface area contributed by atoms with Gasteiger partial charge in [-0.2, -0.15) is 5.10 Å². The number of rotatable bonds is 1. The van der Waals surface area contributed by atoms with Crippen molar-refractivity contribution in [3.05, 3.63) is 23.5 Å². The third-order valence-corrected chi connectivity index (χ3v) is 2.63. The number of hydrogen-bond donors (Lipinski definition) is 0. The summed E-state index contributed by atoms with van der Waals surface area (Å²) in [5.41, 5.74) is 2.91. The summed E-state index contributed by atoms with van der Waals surface area (Å²) in [5.74, 6) is 0.253. The van der Waals surface area contributed by atoms with E-state index < -0.39 is 0 Å². The van der Waals surface area contributed by atoms with E-state index in [2.05, 4.69) is 5.10 Å². The molecule has 0 bridgehead atoms. The van der Waals surface area contributed by atoms with Crippen molar-refractivity contribution in [2.45, 2.75) is 26.2 Å². The van der Waals surface area contributed by atoms with Crippen LogP contribution in [0.4, 0.5) is 0 Å². The Bertz CT molecular complexity index is 382. The second-order valence-corrected chi connectivity index (χ2v) is 3.73. The van der Waals surface area contributed by atoms with Crippen LogP contribution in [0, 0.1) is 6.92 Å². The summed E-state index contributed by atoms with van der Waals surface area (Å²) in [5, 5.41) is 4.15. The van der Waals surface area contributed by atoms with Gasteiger partial charge < -0.3 is 0 Å². The van der Waals surface area contributed by atoms with Crippen LogP contribution in [0.5, 0.6) is 0 Å². The number of ketones is 1. The third-order valence-electron chi connectivity index (χ3n) is 2.63. The van der Waals surface area contributed by atoms with Gasteiger partial charge >= 0.3 is 0 Å². The van der Waals surface area contributed by atoms with E-state index in [4.69, 9.17) is 0 Å². The third kappa shape index (κ3) is 1.39. The molecule has 1 aliphatic carbocycles. The van der Waals surface area contributed by atoms with E-state index in [0.717, 1.165) is 29.7 Å². The lowest BCUT2D eigenvalue weighted by Gasteiger charge is -2.12. The van der Waals surface area contributed by atoms with E-state index in [1.807, 2.05) is 20.0 Å². The standard InChI is InChI=1S/C11H14N2O/c1-8-7-12-13(2)11(8)9-5-3-4-6-10(9)14/h5,7H,3-4,6H2,1-2H3. The van der Waals surface area contributed by atoms with Gasteiger partial charge in [-0.1, -0.05) is 6.08 Å². The number of nitrogens with zero attached hydrogens (tertiary/aromatic N) is 2. The predicted molar refractivity (Wildman–Crippen MR) is 54.8 cm³/mol. The number of carbonyl (C=O) groups is 1. The number of hydrogen-bond acceptors (Lipinski definition) is 2. The zero-order valence-corrected chi connectivity index (χ0v) is 8.58. The molecule has 0 atom stereocenters. The van der Waals surface area contributed by atoms with Gasteiger partial charge in [0.1, 0.15) is 0 Å². The van der Waals surface area contributed by atoms with E-state index in [0.29, 0.717) is 6.42 Å². The Morgan fingerprint density at radius 3 is 2.86 bits per heavy atom. The Morgan fingerprint density at radius 1 is 1.50 bits per heavy atom. The van der Waals surface area contributed by atoms with E-state index in [-0.39, 0.29) is 5.78 Å². The van der Waals surface area contributed by atoms with E-state index in [1.54, 1.807) is 10.9 Å². The Labute approximate surface area is 83.4 Å². The molecule has 14 heavy (non-hydrogen) atoms. The van der Waals surface area contributed by atoms with Gasteiger partial charge in [-0.15, -0.1) is 0 Å². The summed E-state index contributed by atoms with van der Waals surface area (Å²) >= 11 is 0. The average molecular weight is 190 g/mol. The fraction of sp³-hybridized carbons (Fsp3) is 0.455.